The van der Waals surface area contributed by atoms with Gasteiger partial charge < -0.3 is 11.6 Å². The highest BCUT2D eigenvalue weighted by molar-refractivity contribution is 5.07. The lowest BCUT2D eigenvalue weighted by atomic mass is 11.0. The highest BCUT2D eigenvalue weighted by Crippen LogP contribution is 1.76. The van der Waals surface area contributed by atoms with E-state index in [1.54, 1.807) is 6.20 Å². The molecule has 8 nitrogen and oxygen atoms in total. The zero-order chi connectivity index (χ0) is 8.81. The van der Waals surface area contributed by atoms with E-state index in [4.69, 9.17) is 11.6 Å². The van der Waals surface area contributed by atoms with Crippen LogP contribution in [0.15, 0.2) is 18.7 Å². The van der Waals surface area contributed by atoms with E-state index in [9.17, 15) is 0 Å². The molecule has 0 saturated carbocycles. The molecule has 0 spiro atoms. The van der Waals surface area contributed by atoms with Crippen LogP contribution in [0.2, 0.25) is 0 Å². The standard InChI is InChI=1S/2C2H4N4/c3-2-4-1-5-6-2;3-6-2-1-4-5-6/h1H,(H3,3,4,5,6);1-2H,3H2. The molecule has 0 amide bonds. The van der Waals surface area contributed by atoms with Crippen LogP contribution in [0.25, 0.3) is 0 Å². The van der Waals surface area contributed by atoms with Crippen molar-refractivity contribution in [2.75, 3.05) is 11.6 Å². The number of nitrogens with two attached hydrogens (primary N) is 2. The number of anilines is 1. The van der Waals surface area contributed by atoms with Gasteiger partial charge in [-0.15, -0.1) is 5.10 Å². The van der Waals surface area contributed by atoms with E-state index in [2.05, 4.69) is 25.5 Å². The molecule has 5 N–H and O–H groups in total. The SMILES string of the molecule is Nc1ncn[nH]1.Nn1ccnn1. The molecule has 12 heavy (non-hydrogen) atoms. The first-order valence-corrected chi connectivity index (χ1v) is 3.01. The number of hydrogen-bond acceptors (Lipinski definition) is 6. The van der Waals surface area contributed by atoms with Crippen LogP contribution in [-0.2, 0) is 0 Å². The number of aromatic amines is 1. The van der Waals surface area contributed by atoms with Crippen LogP contribution >= 0.6 is 0 Å². The second-order valence-electron chi connectivity index (χ2n) is 1.75. The molecule has 2 aromatic heterocycles. The summed E-state index contributed by atoms with van der Waals surface area (Å²) in [7, 11) is 0. The zero-order valence-electron chi connectivity index (χ0n) is 6.12. The summed E-state index contributed by atoms with van der Waals surface area (Å²) < 4.78 is 0. The van der Waals surface area contributed by atoms with Gasteiger partial charge in [0, 0.05) is 0 Å². The third kappa shape index (κ3) is 2.64. The van der Waals surface area contributed by atoms with Crippen LogP contribution in [0.5, 0.6) is 0 Å². The summed E-state index contributed by atoms with van der Waals surface area (Å²) in [6, 6.07) is 0. The minimum Gasteiger partial charge on any atom is -0.368 e. The monoisotopic (exact) mass is 168 g/mol. The summed E-state index contributed by atoms with van der Waals surface area (Å²) in [6.45, 7) is 0. The minimum atomic E-state index is 0.356. The summed E-state index contributed by atoms with van der Waals surface area (Å²) >= 11 is 0. The molecule has 0 aliphatic heterocycles. The molecule has 2 rings (SSSR count). The van der Waals surface area contributed by atoms with Gasteiger partial charge in [0.05, 0.1) is 12.4 Å². The van der Waals surface area contributed by atoms with Crippen molar-refractivity contribution in [3.63, 3.8) is 0 Å². The summed E-state index contributed by atoms with van der Waals surface area (Å²) in [6.07, 6.45) is 4.43. The van der Waals surface area contributed by atoms with Crippen LogP contribution < -0.4 is 11.6 Å². The molecule has 0 aliphatic rings. The Morgan fingerprint density at radius 1 is 1.50 bits per heavy atom. The molecule has 0 atom stereocenters. The highest BCUT2D eigenvalue weighted by atomic mass is 15.5. The lowest BCUT2D eigenvalue weighted by Crippen LogP contribution is -2.07. The maximum absolute atomic E-state index is 5.05. The van der Waals surface area contributed by atoms with Crippen LogP contribution in [-0.4, -0.2) is 30.3 Å². The highest BCUT2D eigenvalue weighted by Gasteiger charge is 1.75. The predicted octanol–water partition coefficient (Wildman–Crippen LogP) is -1.62. The van der Waals surface area contributed by atoms with Gasteiger partial charge in [-0.25, -0.2) is 10.1 Å². The Balaban J connectivity index is 0.000000120. The number of nitrogens with zero attached hydrogens (tertiary/aromatic N) is 5. The minimum absolute atomic E-state index is 0.356. The first kappa shape index (κ1) is 7.98. The largest absolute Gasteiger partial charge is 0.368 e. The molecule has 8 heteroatoms. The smallest absolute Gasteiger partial charge is 0.215 e. The molecule has 0 saturated heterocycles. The van der Waals surface area contributed by atoms with Gasteiger partial charge in [-0.2, -0.15) is 9.89 Å². The van der Waals surface area contributed by atoms with Gasteiger partial charge in [0.2, 0.25) is 5.95 Å². The van der Waals surface area contributed by atoms with Gasteiger partial charge in [0.25, 0.3) is 0 Å². The van der Waals surface area contributed by atoms with E-state index in [1.807, 2.05) is 0 Å². The van der Waals surface area contributed by atoms with Gasteiger partial charge in [-0.1, -0.05) is 0 Å². The quantitative estimate of drug-likeness (QED) is 0.406. The fraction of sp³-hybridized carbons (Fsp3) is 0. The maximum Gasteiger partial charge on any atom is 0.215 e. The van der Waals surface area contributed by atoms with Crippen molar-refractivity contribution in [1.29, 1.82) is 0 Å². The van der Waals surface area contributed by atoms with Crippen LogP contribution in [0.1, 0.15) is 0 Å². The topological polar surface area (TPSA) is 124 Å². The molecule has 0 aliphatic carbocycles. The van der Waals surface area contributed by atoms with Crippen molar-refractivity contribution < 1.29 is 0 Å². The lowest BCUT2D eigenvalue weighted by molar-refractivity contribution is 0.765. The Bertz CT molecular complexity index is 250. The Kier molecular flexibility index (Phi) is 2.60. The van der Waals surface area contributed by atoms with E-state index < -0.39 is 0 Å². The Labute approximate surface area is 67.6 Å². The van der Waals surface area contributed by atoms with Gasteiger partial charge in [0.1, 0.15) is 6.33 Å². The van der Waals surface area contributed by atoms with Crippen molar-refractivity contribution in [2.45, 2.75) is 0 Å². The Hall–Kier alpha value is -2.12. The van der Waals surface area contributed by atoms with Gasteiger partial charge in [-0.3, -0.25) is 0 Å². The molecule has 0 unspecified atom stereocenters. The average Bonchev–Trinajstić information content (AvgIpc) is 2.63. The number of rotatable bonds is 0. The first-order chi connectivity index (χ1) is 5.79. The number of hydrogen-bond donors (Lipinski definition) is 3. The molecule has 0 aromatic carbocycles. The molecule has 64 valence electrons. The van der Waals surface area contributed by atoms with Crippen molar-refractivity contribution in [3.8, 4) is 0 Å². The van der Waals surface area contributed by atoms with Gasteiger partial charge in [-0.05, 0) is 5.21 Å². The maximum atomic E-state index is 5.05. The summed E-state index contributed by atoms with van der Waals surface area (Å²) in [5.41, 5.74) is 5.05. The Morgan fingerprint density at radius 2 is 2.33 bits per heavy atom. The second kappa shape index (κ2) is 3.91. The Morgan fingerprint density at radius 3 is 2.50 bits per heavy atom. The number of H-pyrrole nitrogens is 1. The molecule has 0 fully saturated rings. The van der Waals surface area contributed by atoms with E-state index in [-0.39, 0.29) is 0 Å². The van der Waals surface area contributed by atoms with Crippen molar-refractivity contribution in [3.05, 3.63) is 18.7 Å². The molecule has 0 bridgehead atoms. The van der Waals surface area contributed by atoms with Crippen molar-refractivity contribution in [2.24, 2.45) is 0 Å². The van der Waals surface area contributed by atoms with Gasteiger partial charge in [0.15, 0.2) is 0 Å². The number of nitrogen functional groups attached to an aromatic ring is 2. The van der Waals surface area contributed by atoms with E-state index in [0.29, 0.717) is 5.95 Å². The predicted molar refractivity (Wildman–Crippen MR) is 41.0 cm³/mol. The van der Waals surface area contributed by atoms with Gasteiger partial charge >= 0.3 is 0 Å². The van der Waals surface area contributed by atoms with Crippen molar-refractivity contribution >= 4 is 5.95 Å². The average molecular weight is 168 g/mol. The first-order valence-electron chi connectivity index (χ1n) is 3.01. The number of aromatic nitrogens is 6. The van der Waals surface area contributed by atoms with E-state index >= 15 is 0 Å². The van der Waals surface area contributed by atoms with Crippen LogP contribution in [0.3, 0.4) is 0 Å². The molecular formula is C4H8N8. The van der Waals surface area contributed by atoms with Crippen molar-refractivity contribution in [1.82, 2.24) is 30.3 Å². The zero-order valence-corrected chi connectivity index (χ0v) is 6.12. The van der Waals surface area contributed by atoms with Crippen LogP contribution in [0.4, 0.5) is 5.95 Å². The van der Waals surface area contributed by atoms with E-state index in [0.717, 1.165) is 4.79 Å². The molecule has 2 aromatic rings. The molecule has 0 radical (unpaired) electrons. The fourth-order valence-electron chi connectivity index (χ4n) is 0.432. The summed E-state index contributed by atoms with van der Waals surface area (Å²) in [5, 5.41) is 12.6. The normalized spacial score (nSPS) is 8.67. The summed E-state index contributed by atoms with van der Waals surface area (Å²) in [4.78, 5) is 4.67. The molecule has 2 heterocycles. The summed E-state index contributed by atoms with van der Waals surface area (Å²) in [5.74, 6) is 5.38. The second-order valence-corrected chi connectivity index (χ2v) is 1.75. The fourth-order valence-corrected chi connectivity index (χ4v) is 0.432. The third-order valence-corrected chi connectivity index (χ3v) is 0.875. The third-order valence-electron chi connectivity index (χ3n) is 0.875. The molecular weight excluding hydrogens is 160 g/mol. The van der Waals surface area contributed by atoms with E-state index in [1.165, 1.54) is 12.5 Å². The lowest BCUT2D eigenvalue weighted by Gasteiger charge is -1.76. The number of nitrogens with one attached hydrogen (secondary N) is 1. The van der Waals surface area contributed by atoms with Crippen LogP contribution in [0, 0.1) is 0 Å².